The van der Waals surface area contributed by atoms with Crippen molar-refractivity contribution in [2.75, 3.05) is 6.61 Å². The van der Waals surface area contributed by atoms with E-state index in [1.807, 2.05) is 37.3 Å². The molecule has 1 fully saturated rings. The zero-order chi connectivity index (χ0) is 14.7. The van der Waals surface area contributed by atoms with Crippen LogP contribution in [-0.4, -0.2) is 12.6 Å². The Morgan fingerprint density at radius 1 is 1.14 bits per heavy atom. The average molecular weight is 285 g/mol. The maximum absolute atomic E-state index is 13.5. The van der Waals surface area contributed by atoms with Gasteiger partial charge in [0.05, 0.1) is 6.61 Å². The smallest absolute Gasteiger partial charge is 0.123 e. The highest BCUT2D eigenvalue weighted by Gasteiger charge is 2.20. The van der Waals surface area contributed by atoms with Gasteiger partial charge in [0.1, 0.15) is 11.6 Å². The van der Waals surface area contributed by atoms with Crippen LogP contribution in [0.1, 0.15) is 25.3 Å². The van der Waals surface area contributed by atoms with E-state index in [1.54, 1.807) is 6.07 Å². The van der Waals surface area contributed by atoms with Gasteiger partial charge in [0.25, 0.3) is 0 Å². The first-order valence-corrected chi connectivity index (χ1v) is 7.51. The lowest BCUT2D eigenvalue weighted by molar-refractivity contribution is 0.340. The van der Waals surface area contributed by atoms with Gasteiger partial charge in [-0.05, 0) is 60.7 Å². The summed E-state index contributed by atoms with van der Waals surface area (Å²) in [6, 6.07) is 13.6. The molecule has 1 aliphatic carbocycles. The van der Waals surface area contributed by atoms with Crippen molar-refractivity contribution in [1.82, 2.24) is 5.32 Å². The second-order valence-corrected chi connectivity index (χ2v) is 5.41. The van der Waals surface area contributed by atoms with Crippen molar-refractivity contribution in [2.24, 2.45) is 0 Å². The van der Waals surface area contributed by atoms with Crippen molar-refractivity contribution in [3.05, 3.63) is 53.8 Å². The van der Waals surface area contributed by atoms with E-state index in [2.05, 4.69) is 5.32 Å². The molecule has 1 aliphatic rings. The topological polar surface area (TPSA) is 21.3 Å². The molecule has 0 unspecified atom stereocenters. The van der Waals surface area contributed by atoms with Gasteiger partial charge in [-0.1, -0.05) is 18.2 Å². The first-order valence-electron chi connectivity index (χ1n) is 7.51. The van der Waals surface area contributed by atoms with Crippen molar-refractivity contribution in [1.29, 1.82) is 0 Å². The molecule has 2 nitrogen and oxygen atoms in total. The van der Waals surface area contributed by atoms with Crippen molar-refractivity contribution >= 4 is 0 Å². The van der Waals surface area contributed by atoms with Crippen molar-refractivity contribution in [2.45, 2.75) is 32.4 Å². The Labute approximate surface area is 125 Å². The molecule has 3 rings (SSSR count). The summed E-state index contributed by atoms with van der Waals surface area (Å²) >= 11 is 0. The average Bonchev–Trinajstić information content (AvgIpc) is 3.31. The molecule has 0 atom stereocenters. The predicted molar refractivity (Wildman–Crippen MR) is 82.9 cm³/mol. The Balaban J connectivity index is 1.84. The van der Waals surface area contributed by atoms with Crippen LogP contribution in [0.2, 0.25) is 0 Å². The molecule has 0 aromatic heterocycles. The first kappa shape index (κ1) is 14.1. The number of hydrogen-bond acceptors (Lipinski definition) is 2. The number of ether oxygens (including phenoxy) is 1. The van der Waals surface area contributed by atoms with Crippen LogP contribution in [0.15, 0.2) is 42.5 Å². The van der Waals surface area contributed by atoms with Crippen LogP contribution in [0, 0.1) is 5.82 Å². The van der Waals surface area contributed by atoms with Gasteiger partial charge >= 0.3 is 0 Å². The second kappa shape index (κ2) is 6.27. The molecular weight excluding hydrogens is 265 g/mol. The third kappa shape index (κ3) is 3.61. The molecular formula is C18H20FNO. The zero-order valence-electron chi connectivity index (χ0n) is 12.2. The van der Waals surface area contributed by atoms with E-state index < -0.39 is 0 Å². The van der Waals surface area contributed by atoms with Crippen LogP contribution in [0.4, 0.5) is 4.39 Å². The van der Waals surface area contributed by atoms with Crippen LogP contribution < -0.4 is 10.1 Å². The molecule has 0 saturated heterocycles. The van der Waals surface area contributed by atoms with E-state index >= 15 is 0 Å². The SMILES string of the molecule is CCOc1ccc(-c2ccc(F)cc2CNC2CC2)cc1. The van der Waals surface area contributed by atoms with Crippen LogP contribution in [0.3, 0.4) is 0 Å². The highest BCUT2D eigenvalue weighted by atomic mass is 19.1. The Morgan fingerprint density at radius 2 is 1.90 bits per heavy atom. The fourth-order valence-electron chi connectivity index (χ4n) is 2.43. The lowest BCUT2D eigenvalue weighted by atomic mass is 9.99. The zero-order valence-corrected chi connectivity index (χ0v) is 12.2. The van der Waals surface area contributed by atoms with Crippen molar-refractivity contribution < 1.29 is 9.13 Å². The minimum atomic E-state index is -0.183. The molecule has 0 heterocycles. The van der Waals surface area contributed by atoms with E-state index in [4.69, 9.17) is 4.74 Å². The Hall–Kier alpha value is -1.87. The van der Waals surface area contributed by atoms with Gasteiger partial charge < -0.3 is 10.1 Å². The van der Waals surface area contributed by atoms with Crippen LogP contribution in [-0.2, 0) is 6.54 Å². The van der Waals surface area contributed by atoms with Gasteiger partial charge in [-0.2, -0.15) is 0 Å². The number of hydrogen-bond donors (Lipinski definition) is 1. The van der Waals surface area contributed by atoms with Crippen LogP contribution >= 0.6 is 0 Å². The van der Waals surface area contributed by atoms with Crippen molar-refractivity contribution in [3.8, 4) is 16.9 Å². The second-order valence-electron chi connectivity index (χ2n) is 5.41. The quantitative estimate of drug-likeness (QED) is 0.861. The standard InChI is InChI=1S/C18H20FNO/c1-2-21-17-8-3-13(4-9-17)18-10-5-15(19)11-14(18)12-20-16-6-7-16/h3-5,8-11,16,20H,2,6-7,12H2,1H3. The summed E-state index contributed by atoms with van der Waals surface area (Å²) in [7, 11) is 0. The summed E-state index contributed by atoms with van der Waals surface area (Å²) in [5, 5.41) is 3.45. The summed E-state index contributed by atoms with van der Waals surface area (Å²) in [5.41, 5.74) is 3.17. The molecule has 3 heteroatoms. The van der Waals surface area contributed by atoms with Gasteiger partial charge in [-0.25, -0.2) is 4.39 Å². The van der Waals surface area contributed by atoms with Gasteiger partial charge in [0.2, 0.25) is 0 Å². The molecule has 0 radical (unpaired) electrons. The minimum Gasteiger partial charge on any atom is -0.494 e. The summed E-state index contributed by atoms with van der Waals surface area (Å²) in [5.74, 6) is 0.679. The molecule has 2 aromatic rings. The van der Waals surface area contributed by atoms with Gasteiger partial charge in [-0.3, -0.25) is 0 Å². The fraction of sp³-hybridized carbons (Fsp3) is 0.333. The lowest BCUT2D eigenvalue weighted by Gasteiger charge is -2.12. The minimum absolute atomic E-state index is 0.183. The maximum atomic E-state index is 13.5. The highest BCUT2D eigenvalue weighted by molar-refractivity contribution is 5.68. The van der Waals surface area contributed by atoms with Crippen molar-refractivity contribution in [3.63, 3.8) is 0 Å². The van der Waals surface area contributed by atoms with E-state index in [9.17, 15) is 4.39 Å². The molecule has 110 valence electrons. The number of rotatable bonds is 6. The highest BCUT2D eigenvalue weighted by Crippen LogP contribution is 2.28. The summed E-state index contributed by atoms with van der Waals surface area (Å²) < 4.78 is 19.0. The summed E-state index contributed by atoms with van der Waals surface area (Å²) in [6.07, 6.45) is 2.46. The lowest BCUT2D eigenvalue weighted by Crippen LogP contribution is -2.16. The normalized spacial score (nSPS) is 14.2. The summed E-state index contributed by atoms with van der Waals surface area (Å²) in [6.45, 7) is 3.34. The van der Waals surface area contributed by atoms with Gasteiger partial charge in [0.15, 0.2) is 0 Å². The molecule has 21 heavy (non-hydrogen) atoms. The van der Waals surface area contributed by atoms with Crippen LogP contribution in [0.5, 0.6) is 5.75 Å². The third-order valence-corrected chi connectivity index (χ3v) is 3.70. The van der Waals surface area contributed by atoms with Crippen LogP contribution in [0.25, 0.3) is 11.1 Å². The van der Waals surface area contributed by atoms with E-state index in [-0.39, 0.29) is 5.82 Å². The maximum Gasteiger partial charge on any atom is 0.123 e. The first-order chi connectivity index (χ1) is 10.3. The Bertz CT molecular complexity index is 605. The fourth-order valence-corrected chi connectivity index (χ4v) is 2.43. The molecule has 1 saturated carbocycles. The van der Waals surface area contributed by atoms with Gasteiger partial charge in [-0.15, -0.1) is 0 Å². The van der Waals surface area contributed by atoms with E-state index in [0.717, 1.165) is 22.4 Å². The van der Waals surface area contributed by atoms with E-state index in [0.29, 0.717) is 19.2 Å². The van der Waals surface area contributed by atoms with E-state index in [1.165, 1.54) is 18.9 Å². The molecule has 2 aromatic carbocycles. The molecule has 0 amide bonds. The Morgan fingerprint density at radius 3 is 2.57 bits per heavy atom. The monoisotopic (exact) mass is 285 g/mol. The molecule has 0 bridgehead atoms. The number of nitrogens with one attached hydrogen (secondary N) is 1. The molecule has 1 N–H and O–H groups in total. The van der Waals surface area contributed by atoms with Gasteiger partial charge in [0, 0.05) is 12.6 Å². The largest absolute Gasteiger partial charge is 0.494 e. The molecule has 0 aliphatic heterocycles. The number of benzene rings is 2. The Kier molecular flexibility index (Phi) is 4.20. The third-order valence-electron chi connectivity index (χ3n) is 3.70. The number of halogens is 1. The predicted octanol–water partition coefficient (Wildman–Crippen LogP) is 4.14. The summed E-state index contributed by atoms with van der Waals surface area (Å²) in [4.78, 5) is 0. The molecule has 0 spiro atoms.